The van der Waals surface area contributed by atoms with Crippen LogP contribution in [0.5, 0.6) is 0 Å². The minimum absolute atomic E-state index is 0.000832. The van der Waals surface area contributed by atoms with Crippen LogP contribution in [0, 0.1) is 0 Å². The molecule has 0 fully saturated rings. The van der Waals surface area contributed by atoms with Crippen LogP contribution in [0.2, 0.25) is 0 Å². The van der Waals surface area contributed by atoms with Crippen LogP contribution in [0.1, 0.15) is 37.6 Å². The Bertz CT molecular complexity index is 483. The Balaban J connectivity index is 2.57. The van der Waals surface area contributed by atoms with Crippen LogP contribution >= 0.6 is 0 Å². The van der Waals surface area contributed by atoms with Gasteiger partial charge < -0.3 is 10.4 Å². The maximum absolute atomic E-state index is 12.1. The fourth-order valence-corrected chi connectivity index (χ4v) is 1.82. The number of rotatable bonds is 7. The van der Waals surface area contributed by atoms with Crippen molar-refractivity contribution in [2.24, 2.45) is 0 Å². The lowest BCUT2D eigenvalue weighted by Gasteiger charge is -2.24. The van der Waals surface area contributed by atoms with E-state index < -0.39 is 0 Å². The molecule has 1 rings (SSSR count). The first kappa shape index (κ1) is 17.3. The molecule has 0 aromatic heterocycles. The second-order valence-corrected chi connectivity index (χ2v) is 5.42. The highest BCUT2D eigenvalue weighted by Gasteiger charge is 2.18. The van der Waals surface area contributed by atoms with Crippen molar-refractivity contribution in [2.45, 2.75) is 39.3 Å². The third-order valence-electron chi connectivity index (χ3n) is 3.50. The lowest BCUT2D eigenvalue weighted by Crippen LogP contribution is -2.40. The van der Waals surface area contributed by atoms with Crippen LogP contribution in [0.3, 0.4) is 0 Å². The zero-order valence-electron chi connectivity index (χ0n) is 13.1. The first-order chi connectivity index (χ1) is 9.81. The Hall–Kier alpha value is -1.72. The molecule has 5 heteroatoms. The summed E-state index contributed by atoms with van der Waals surface area (Å²) in [5.41, 5.74) is 1.29. The number of anilines is 1. The van der Waals surface area contributed by atoms with Crippen LogP contribution < -0.4 is 5.32 Å². The van der Waals surface area contributed by atoms with E-state index >= 15 is 0 Å². The van der Waals surface area contributed by atoms with Crippen molar-refractivity contribution in [3.63, 3.8) is 0 Å². The quantitative estimate of drug-likeness (QED) is 0.753. The van der Waals surface area contributed by atoms with Crippen LogP contribution in [0.25, 0.3) is 0 Å². The number of Topliss-reactive ketones (excluding diaryl/α,β-unsaturated/α-hetero) is 1. The highest BCUT2D eigenvalue weighted by atomic mass is 16.3. The van der Waals surface area contributed by atoms with Gasteiger partial charge >= 0.3 is 0 Å². The summed E-state index contributed by atoms with van der Waals surface area (Å²) in [4.78, 5) is 25.2. The minimum Gasteiger partial charge on any atom is -0.393 e. The summed E-state index contributed by atoms with van der Waals surface area (Å²) in [5.74, 6) is -0.113. The summed E-state index contributed by atoms with van der Waals surface area (Å²) in [6.07, 6.45) is 0.253. The van der Waals surface area contributed by atoms with E-state index in [0.717, 1.165) is 0 Å². The minimum atomic E-state index is -0.373. The molecule has 0 aliphatic carbocycles. The molecule has 5 nitrogen and oxygen atoms in total. The van der Waals surface area contributed by atoms with Gasteiger partial charge in [0.05, 0.1) is 12.1 Å². The largest absolute Gasteiger partial charge is 0.393 e. The molecule has 2 atom stereocenters. The van der Waals surface area contributed by atoms with Crippen LogP contribution in [-0.2, 0) is 4.79 Å². The summed E-state index contributed by atoms with van der Waals surface area (Å²) in [6.45, 7) is 5.71. The number of aliphatic hydroxyl groups excluding tert-OH is 1. The van der Waals surface area contributed by atoms with E-state index in [0.29, 0.717) is 24.2 Å². The lowest BCUT2D eigenvalue weighted by molar-refractivity contribution is -0.120. The fraction of sp³-hybridized carbons (Fsp3) is 0.500. The predicted octanol–water partition coefficient (Wildman–Crippen LogP) is 1.92. The highest BCUT2D eigenvalue weighted by molar-refractivity contribution is 5.96. The molecule has 0 spiro atoms. The number of likely N-dealkylation sites (N-methyl/N-ethyl adjacent to an activating group) is 1. The number of nitrogens with one attached hydrogen (secondary N) is 1. The van der Waals surface area contributed by atoms with E-state index in [1.54, 1.807) is 31.2 Å². The van der Waals surface area contributed by atoms with Crippen molar-refractivity contribution in [1.82, 2.24) is 4.90 Å². The average Bonchev–Trinajstić information content (AvgIpc) is 2.44. The summed E-state index contributed by atoms with van der Waals surface area (Å²) in [6, 6.07) is 6.53. The molecule has 116 valence electrons. The van der Waals surface area contributed by atoms with Crippen LogP contribution in [0.4, 0.5) is 5.69 Å². The molecule has 21 heavy (non-hydrogen) atoms. The molecule has 1 amide bonds. The Labute approximate surface area is 126 Å². The molecule has 1 aromatic rings. The second kappa shape index (κ2) is 7.90. The maximum Gasteiger partial charge on any atom is 0.241 e. The van der Waals surface area contributed by atoms with Gasteiger partial charge in [-0.05, 0) is 58.5 Å². The van der Waals surface area contributed by atoms with Gasteiger partial charge in [-0.15, -0.1) is 0 Å². The van der Waals surface area contributed by atoms with Crippen molar-refractivity contribution in [2.75, 3.05) is 18.9 Å². The zero-order valence-corrected chi connectivity index (χ0v) is 13.1. The maximum atomic E-state index is 12.1. The van der Waals surface area contributed by atoms with Gasteiger partial charge in [0, 0.05) is 17.8 Å². The molecule has 0 saturated heterocycles. The molecule has 2 N–H and O–H groups in total. The molecule has 0 saturated carbocycles. The number of aliphatic hydroxyl groups is 1. The Morgan fingerprint density at radius 1 is 1.24 bits per heavy atom. The number of carbonyl (C=O) groups excluding carboxylic acids is 2. The van der Waals surface area contributed by atoms with Crippen molar-refractivity contribution >= 4 is 17.4 Å². The standard InChI is InChI=1S/C16H24N2O3/c1-11(19)9-10-18(4)12(2)16(21)17-15-7-5-14(6-8-15)13(3)20/h5-8,11-12,19H,9-10H2,1-4H3,(H,17,21). The summed E-state index contributed by atoms with van der Waals surface area (Å²) < 4.78 is 0. The summed E-state index contributed by atoms with van der Waals surface area (Å²) in [5, 5.41) is 12.1. The fourth-order valence-electron chi connectivity index (χ4n) is 1.82. The topological polar surface area (TPSA) is 69.6 Å². The molecule has 0 aliphatic rings. The highest BCUT2D eigenvalue weighted by Crippen LogP contribution is 2.11. The van der Waals surface area contributed by atoms with Gasteiger partial charge in [-0.1, -0.05) is 0 Å². The third kappa shape index (κ3) is 5.65. The van der Waals surface area contributed by atoms with Gasteiger partial charge in [0.25, 0.3) is 0 Å². The number of nitrogens with zero attached hydrogens (tertiary/aromatic N) is 1. The number of hydrogen-bond donors (Lipinski definition) is 2. The van der Waals surface area contributed by atoms with Gasteiger partial charge in [0.15, 0.2) is 5.78 Å². The number of amides is 1. The molecule has 0 radical (unpaired) electrons. The van der Waals surface area contributed by atoms with Crippen molar-refractivity contribution in [3.8, 4) is 0 Å². The number of hydrogen-bond acceptors (Lipinski definition) is 4. The first-order valence-electron chi connectivity index (χ1n) is 7.11. The number of ketones is 1. The lowest BCUT2D eigenvalue weighted by atomic mass is 10.1. The van der Waals surface area contributed by atoms with Crippen molar-refractivity contribution in [3.05, 3.63) is 29.8 Å². The van der Waals surface area contributed by atoms with Crippen molar-refractivity contribution in [1.29, 1.82) is 0 Å². The Morgan fingerprint density at radius 3 is 2.29 bits per heavy atom. The molecule has 2 unspecified atom stereocenters. The molecular weight excluding hydrogens is 268 g/mol. The van der Waals surface area contributed by atoms with E-state index in [-0.39, 0.29) is 23.8 Å². The van der Waals surface area contributed by atoms with E-state index in [1.807, 2.05) is 18.9 Å². The first-order valence-corrected chi connectivity index (χ1v) is 7.11. The second-order valence-electron chi connectivity index (χ2n) is 5.42. The van der Waals surface area contributed by atoms with E-state index in [9.17, 15) is 14.7 Å². The van der Waals surface area contributed by atoms with Crippen LogP contribution in [0.15, 0.2) is 24.3 Å². The van der Waals surface area contributed by atoms with Gasteiger partial charge in [-0.2, -0.15) is 0 Å². The normalized spacial score (nSPS) is 13.8. The molecule has 1 aromatic carbocycles. The Kier molecular flexibility index (Phi) is 6.52. The van der Waals surface area contributed by atoms with Crippen LogP contribution in [-0.4, -0.2) is 47.4 Å². The van der Waals surface area contributed by atoms with E-state index in [4.69, 9.17) is 0 Å². The molecule has 0 heterocycles. The van der Waals surface area contributed by atoms with Gasteiger partial charge in [-0.25, -0.2) is 0 Å². The van der Waals surface area contributed by atoms with Gasteiger partial charge in [0.1, 0.15) is 0 Å². The van der Waals surface area contributed by atoms with Gasteiger partial charge in [-0.3, -0.25) is 14.5 Å². The molecular formula is C16H24N2O3. The van der Waals surface area contributed by atoms with Gasteiger partial charge in [0.2, 0.25) is 5.91 Å². The summed E-state index contributed by atoms with van der Waals surface area (Å²) in [7, 11) is 1.85. The third-order valence-corrected chi connectivity index (χ3v) is 3.50. The number of carbonyl (C=O) groups is 2. The Morgan fingerprint density at radius 2 is 1.81 bits per heavy atom. The zero-order chi connectivity index (χ0) is 16.0. The smallest absolute Gasteiger partial charge is 0.241 e. The molecule has 0 bridgehead atoms. The number of benzene rings is 1. The predicted molar refractivity (Wildman–Crippen MR) is 83.5 cm³/mol. The van der Waals surface area contributed by atoms with E-state index in [1.165, 1.54) is 6.92 Å². The monoisotopic (exact) mass is 292 g/mol. The SMILES string of the molecule is CC(=O)c1ccc(NC(=O)C(C)N(C)CCC(C)O)cc1. The average molecular weight is 292 g/mol. The summed E-state index contributed by atoms with van der Waals surface area (Å²) >= 11 is 0. The van der Waals surface area contributed by atoms with E-state index in [2.05, 4.69) is 5.32 Å². The molecule has 0 aliphatic heterocycles. The van der Waals surface area contributed by atoms with Crippen molar-refractivity contribution < 1.29 is 14.7 Å².